The average Bonchev–Trinajstić information content (AvgIpc) is 1.86. The number of aliphatic hydroxyl groups excluding tert-OH is 1. The monoisotopic (exact) mass is 177 g/mol. The smallest absolute Gasteiger partial charge is 0.0585 e. The third kappa shape index (κ3) is 1.53. The van der Waals surface area contributed by atoms with Crippen molar-refractivity contribution in [1.82, 2.24) is 0 Å². The summed E-state index contributed by atoms with van der Waals surface area (Å²) >= 11 is 0. The first kappa shape index (κ1) is 9.30. The maximum Gasteiger partial charge on any atom is 0.0585 e. The molecule has 0 aromatic rings. The minimum Gasteiger partial charge on any atom is -0.393 e. The van der Waals surface area contributed by atoms with Crippen LogP contribution in [-0.4, -0.2) is 17.3 Å². The van der Waals surface area contributed by atoms with Gasteiger partial charge < -0.3 is 10.8 Å². The molecule has 66 valence electrons. The fraction of sp³-hybridized carbons (Fsp3) is 1.00. The highest BCUT2D eigenvalue weighted by Crippen LogP contribution is 2.40. The van der Waals surface area contributed by atoms with Gasteiger partial charge >= 0.3 is 0 Å². The first-order valence-electron chi connectivity index (χ1n) is 4.21. The van der Waals surface area contributed by atoms with Crippen LogP contribution in [0.1, 0.15) is 25.7 Å². The normalized spacial score (nSPS) is 48.5. The summed E-state index contributed by atoms with van der Waals surface area (Å²) in [5.74, 6) is 1.15. The molecule has 0 spiro atoms. The van der Waals surface area contributed by atoms with E-state index in [9.17, 15) is 5.11 Å². The van der Waals surface area contributed by atoms with Gasteiger partial charge in [-0.3, -0.25) is 0 Å². The van der Waals surface area contributed by atoms with Crippen molar-refractivity contribution in [3.63, 3.8) is 0 Å². The van der Waals surface area contributed by atoms with Crippen LogP contribution >= 0.6 is 12.4 Å². The van der Waals surface area contributed by atoms with E-state index in [-0.39, 0.29) is 18.5 Å². The molecule has 3 saturated carbocycles. The Balaban J connectivity index is 0.000000605. The maximum atomic E-state index is 9.49. The molecule has 3 aliphatic rings. The topological polar surface area (TPSA) is 46.2 Å². The molecule has 0 amide bonds. The summed E-state index contributed by atoms with van der Waals surface area (Å²) in [4.78, 5) is 0. The molecule has 0 radical (unpaired) electrons. The van der Waals surface area contributed by atoms with Crippen molar-refractivity contribution in [2.45, 2.75) is 37.8 Å². The van der Waals surface area contributed by atoms with Crippen LogP contribution in [0, 0.1) is 11.8 Å². The van der Waals surface area contributed by atoms with E-state index in [1.165, 1.54) is 6.42 Å². The second-order valence-corrected chi connectivity index (χ2v) is 3.81. The van der Waals surface area contributed by atoms with Gasteiger partial charge in [0.1, 0.15) is 0 Å². The van der Waals surface area contributed by atoms with Crippen molar-refractivity contribution in [2.75, 3.05) is 0 Å². The van der Waals surface area contributed by atoms with Crippen molar-refractivity contribution in [1.29, 1.82) is 0 Å². The molecular weight excluding hydrogens is 162 g/mol. The van der Waals surface area contributed by atoms with Crippen LogP contribution in [0.2, 0.25) is 0 Å². The largest absolute Gasteiger partial charge is 0.393 e. The van der Waals surface area contributed by atoms with Crippen LogP contribution in [0.25, 0.3) is 0 Å². The van der Waals surface area contributed by atoms with E-state index >= 15 is 0 Å². The minimum atomic E-state index is -0.0810. The van der Waals surface area contributed by atoms with E-state index in [4.69, 9.17) is 5.73 Å². The number of fused-ring (bicyclic) bond motifs is 3. The van der Waals surface area contributed by atoms with Gasteiger partial charge in [-0.25, -0.2) is 0 Å². The van der Waals surface area contributed by atoms with Crippen molar-refractivity contribution in [2.24, 2.45) is 17.6 Å². The molecule has 0 heterocycles. The number of rotatable bonds is 0. The molecule has 3 fully saturated rings. The van der Waals surface area contributed by atoms with Gasteiger partial charge in [0.15, 0.2) is 0 Å². The van der Waals surface area contributed by atoms with Crippen molar-refractivity contribution < 1.29 is 5.11 Å². The van der Waals surface area contributed by atoms with Crippen LogP contribution in [0.3, 0.4) is 0 Å². The summed E-state index contributed by atoms with van der Waals surface area (Å²) in [6.07, 6.45) is 4.55. The van der Waals surface area contributed by atoms with Gasteiger partial charge in [0.2, 0.25) is 0 Å². The van der Waals surface area contributed by atoms with Gasteiger partial charge in [-0.05, 0) is 37.5 Å². The van der Waals surface area contributed by atoms with Crippen molar-refractivity contribution in [3.05, 3.63) is 0 Å². The van der Waals surface area contributed by atoms with Gasteiger partial charge in [-0.2, -0.15) is 0 Å². The van der Waals surface area contributed by atoms with Gasteiger partial charge in [0.25, 0.3) is 0 Å². The van der Waals surface area contributed by atoms with Crippen LogP contribution in [0.4, 0.5) is 0 Å². The summed E-state index contributed by atoms with van der Waals surface area (Å²) in [6, 6.07) is 0.294. The molecule has 4 atom stereocenters. The Morgan fingerprint density at radius 1 is 1.18 bits per heavy atom. The zero-order valence-corrected chi connectivity index (χ0v) is 7.39. The Labute approximate surface area is 73.6 Å². The summed E-state index contributed by atoms with van der Waals surface area (Å²) in [7, 11) is 0. The lowest BCUT2D eigenvalue weighted by molar-refractivity contribution is -0.0104. The second kappa shape index (κ2) is 3.30. The molecule has 3 heteroatoms. The molecule has 0 aliphatic heterocycles. The third-order valence-corrected chi connectivity index (χ3v) is 3.13. The maximum absolute atomic E-state index is 9.49. The zero-order chi connectivity index (χ0) is 7.14. The molecule has 11 heavy (non-hydrogen) atoms. The predicted octanol–water partition coefficient (Wildman–Crippen LogP) is 0.916. The second-order valence-electron chi connectivity index (χ2n) is 3.81. The Hall–Kier alpha value is 0.210. The molecule has 0 saturated heterocycles. The average molecular weight is 178 g/mol. The van der Waals surface area contributed by atoms with E-state index < -0.39 is 0 Å². The number of halogens is 1. The minimum absolute atomic E-state index is 0. The Morgan fingerprint density at radius 2 is 1.91 bits per heavy atom. The van der Waals surface area contributed by atoms with Crippen LogP contribution in [-0.2, 0) is 0 Å². The van der Waals surface area contributed by atoms with E-state index in [2.05, 4.69) is 0 Å². The molecular formula is C8H16ClNO. The zero-order valence-electron chi connectivity index (χ0n) is 6.57. The predicted molar refractivity (Wildman–Crippen MR) is 46.7 cm³/mol. The summed E-state index contributed by atoms with van der Waals surface area (Å²) < 4.78 is 0. The number of hydrogen-bond donors (Lipinski definition) is 2. The quantitative estimate of drug-likeness (QED) is 0.578. The Bertz CT molecular complexity index is 130. The highest BCUT2D eigenvalue weighted by molar-refractivity contribution is 5.85. The first-order valence-corrected chi connectivity index (χ1v) is 4.21. The lowest BCUT2D eigenvalue weighted by atomic mass is 9.66. The highest BCUT2D eigenvalue weighted by atomic mass is 35.5. The third-order valence-electron chi connectivity index (χ3n) is 3.13. The number of aliphatic hydroxyl groups is 1. The summed E-state index contributed by atoms with van der Waals surface area (Å²) in [5.41, 5.74) is 5.85. The molecule has 2 bridgehead atoms. The molecule has 0 aromatic heterocycles. The fourth-order valence-corrected chi connectivity index (χ4v) is 2.53. The van der Waals surface area contributed by atoms with Crippen LogP contribution in [0.15, 0.2) is 0 Å². The van der Waals surface area contributed by atoms with Gasteiger partial charge in [0.05, 0.1) is 6.10 Å². The lowest BCUT2D eigenvalue weighted by Gasteiger charge is -2.43. The van der Waals surface area contributed by atoms with Gasteiger partial charge in [0, 0.05) is 6.04 Å². The Morgan fingerprint density at radius 3 is 2.27 bits per heavy atom. The van der Waals surface area contributed by atoms with E-state index in [1.54, 1.807) is 0 Å². The Kier molecular flexibility index (Phi) is 2.79. The summed E-state index contributed by atoms with van der Waals surface area (Å²) in [5, 5.41) is 9.49. The van der Waals surface area contributed by atoms with Gasteiger partial charge in [-0.15, -0.1) is 12.4 Å². The van der Waals surface area contributed by atoms with Gasteiger partial charge in [-0.1, -0.05) is 0 Å². The molecule has 2 nitrogen and oxygen atoms in total. The molecule has 3 N–H and O–H groups in total. The fourth-order valence-electron chi connectivity index (χ4n) is 2.53. The first-order chi connectivity index (χ1) is 4.77. The van der Waals surface area contributed by atoms with E-state index in [0.717, 1.165) is 25.2 Å². The standard InChI is InChI=1S/C8H15NO.ClH/c9-7-3-5-1-2-6(7)8(10)4-5;/h5-8,10H,1-4,9H2;1H. The van der Waals surface area contributed by atoms with Crippen molar-refractivity contribution in [3.8, 4) is 0 Å². The molecule has 0 aromatic carbocycles. The lowest BCUT2D eigenvalue weighted by Crippen LogP contribution is -2.48. The van der Waals surface area contributed by atoms with Crippen LogP contribution in [0.5, 0.6) is 0 Å². The van der Waals surface area contributed by atoms with Crippen LogP contribution < -0.4 is 5.73 Å². The van der Waals surface area contributed by atoms with E-state index in [1.807, 2.05) is 0 Å². The number of nitrogens with two attached hydrogens (primary N) is 1. The molecule has 3 aliphatic carbocycles. The molecule has 4 unspecified atom stereocenters. The highest BCUT2D eigenvalue weighted by Gasteiger charge is 2.39. The van der Waals surface area contributed by atoms with E-state index in [0.29, 0.717) is 12.0 Å². The van der Waals surface area contributed by atoms with Crippen molar-refractivity contribution >= 4 is 12.4 Å². The summed E-state index contributed by atoms with van der Waals surface area (Å²) in [6.45, 7) is 0. The SMILES string of the molecule is Cl.NC1CC2CCC1C(O)C2. The molecule has 3 rings (SSSR count). The number of hydrogen-bond acceptors (Lipinski definition) is 2.